The second kappa shape index (κ2) is 14.2. The molecule has 4 aromatic rings. The number of aliphatic hydroxyl groups excluding tert-OH is 1. The van der Waals surface area contributed by atoms with Crippen LogP contribution in [0.1, 0.15) is 48.0 Å². The maximum atomic E-state index is 12.9. The number of ether oxygens (including phenoxy) is 2. The number of rotatable bonds is 11. The molecule has 218 valence electrons. The van der Waals surface area contributed by atoms with Crippen molar-refractivity contribution < 1.29 is 24.2 Å². The van der Waals surface area contributed by atoms with Crippen LogP contribution >= 0.6 is 11.8 Å². The molecule has 1 aliphatic heterocycles. The van der Waals surface area contributed by atoms with E-state index in [0.717, 1.165) is 22.3 Å². The van der Waals surface area contributed by atoms with E-state index >= 15 is 0 Å². The highest BCUT2D eigenvalue weighted by atomic mass is 32.2. The minimum absolute atomic E-state index is 0.0270. The van der Waals surface area contributed by atoms with Crippen LogP contribution in [0.25, 0.3) is 0 Å². The highest BCUT2D eigenvalue weighted by Gasteiger charge is 2.32. The minimum Gasteiger partial charge on any atom is -0.392 e. The average molecular weight is 588 g/mol. The quantitative estimate of drug-likeness (QED) is 0.181. The van der Waals surface area contributed by atoms with Crippen LogP contribution in [0.15, 0.2) is 90.3 Å². The number of aliphatic hydroxyl groups is 1. The van der Waals surface area contributed by atoms with Gasteiger partial charge in [0.25, 0.3) is 0 Å². The summed E-state index contributed by atoms with van der Waals surface area (Å²) in [5, 5.41) is 22.5. The molecule has 0 saturated carbocycles. The Balaban J connectivity index is 1.28. The number of nitrogens with one attached hydrogen (secondary N) is 3. The van der Waals surface area contributed by atoms with Gasteiger partial charge < -0.3 is 25.2 Å². The summed E-state index contributed by atoms with van der Waals surface area (Å²) in [6.45, 7) is 1.44. The van der Waals surface area contributed by atoms with E-state index in [9.17, 15) is 14.7 Å². The van der Waals surface area contributed by atoms with Crippen molar-refractivity contribution in [3.63, 3.8) is 0 Å². The van der Waals surface area contributed by atoms with Crippen LogP contribution < -0.4 is 10.6 Å². The van der Waals surface area contributed by atoms with E-state index in [-0.39, 0.29) is 24.6 Å². The fourth-order valence-corrected chi connectivity index (χ4v) is 5.49. The topological polar surface area (TPSA) is 138 Å². The van der Waals surface area contributed by atoms with Gasteiger partial charge in [0.15, 0.2) is 17.2 Å². The number of benzene rings is 3. The van der Waals surface area contributed by atoms with Gasteiger partial charge in [0.1, 0.15) is 6.33 Å². The van der Waals surface area contributed by atoms with Gasteiger partial charge in [0.2, 0.25) is 0 Å². The first-order valence-corrected chi connectivity index (χ1v) is 14.7. The van der Waals surface area contributed by atoms with E-state index in [4.69, 9.17) is 9.47 Å². The van der Waals surface area contributed by atoms with Gasteiger partial charge in [-0.2, -0.15) is 5.10 Å². The minimum atomic E-state index is -0.686. The van der Waals surface area contributed by atoms with E-state index in [1.807, 2.05) is 72.8 Å². The molecule has 1 unspecified atom stereocenters. The van der Waals surface area contributed by atoms with Gasteiger partial charge in [-0.25, -0.2) is 9.78 Å². The van der Waals surface area contributed by atoms with Crippen molar-refractivity contribution in [2.45, 2.75) is 56.1 Å². The molecular weight excluding hydrogens is 554 g/mol. The van der Waals surface area contributed by atoms with Crippen molar-refractivity contribution in [2.75, 3.05) is 11.1 Å². The number of hydrogen-bond donors (Lipinski definition) is 4. The van der Waals surface area contributed by atoms with Crippen LogP contribution in [0, 0.1) is 0 Å². The summed E-state index contributed by atoms with van der Waals surface area (Å²) >= 11 is 1.52. The summed E-state index contributed by atoms with van der Waals surface area (Å²) in [4.78, 5) is 29.3. The lowest BCUT2D eigenvalue weighted by atomic mass is 10.0. The molecule has 42 heavy (non-hydrogen) atoms. The fraction of sp³-hybridized carbons (Fsp3) is 0.290. The van der Waals surface area contributed by atoms with E-state index in [1.54, 1.807) is 6.07 Å². The highest BCUT2D eigenvalue weighted by molar-refractivity contribution is 7.99. The molecule has 3 aromatic carbocycles. The second-order valence-electron chi connectivity index (χ2n) is 10.0. The lowest BCUT2D eigenvalue weighted by molar-refractivity contribution is -0.245. The summed E-state index contributed by atoms with van der Waals surface area (Å²) in [6.07, 6.45) is 1.42. The number of nitrogens with zero attached hydrogens (tertiary/aromatic N) is 2. The van der Waals surface area contributed by atoms with Crippen molar-refractivity contribution in [3.05, 3.63) is 107 Å². The summed E-state index contributed by atoms with van der Waals surface area (Å²) in [6, 6.07) is 23.4. The van der Waals surface area contributed by atoms with Crippen LogP contribution in [0.4, 0.5) is 10.5 Å². The Bertz CT molecular complexity index is 1450. The number of Topliss-reactive ketones (excluding diaryl/α,β-unsaturated/α-hetero) is 1. The Kier molecular flexibility index (Phi) is 9.98. The zero-order chi connectivity index (χ0) is 29.3. The molecule has 5 rings (SSSR count). The first kappa shape index (κ1) is 29.5. The molecule has 0 bridgehead atoms. The summed E-state index contributed by atoms with van der Waals surface area (Å²) in [5.41, 5.74) is 4.06. The fourth-order valence-electron chi connectivity index (χ4n) is 4.69. The summed E-state index contributed by atoms with van der Waals surface area (Å²) in [5.74, 6) is 0.508. The second-order valence-corrected chi connectivity index (χ2v) is 11.0. The predicted octanol–water partition coefficient (Wildman–Crippen LogP) is 4.96. The molecule has 11 heteroatoms. The predicted molar refractivity (Wildman–Crippen MR) is 159 cm³/mol. The normalized spacial score (nSPS) is 19.1. The van der Waals surface area contributed by atoms with Gasteiger partial charge in [0.05, 0.1) is 24.9 Å². The van der Waals surface area contributed by atoms with Crippen molar-refractivity contribution in [1.29, 1.82) is 0 Å². The van der Waals surface area contributed by atoms with Gasteiger partial charge in [-0.1, -0.05) is 78.5 Å². The van der Waals surface area contributed by atoms with Crippen LogP contribution in [-0.2, 0) is 27.3 Å². The largest absolute Gasteiger partial charge is 0.392 e. The molecule has 2 heterocycles. The lowest BCUT2D eigenvalue weighted by Gasteiger charge is -2.36. The number of carbonyl (C=O) groups excluding carboxylic acids is 2. The molecular formula is C31H33N5O5S. The molecule has 0 radical (unpaired) electrons. The molecule has 0 spiro atoms. The third-order valence-corrected chi connectivity index (χ3v) is 7.92. The molecule has 0 aliphatic carbocycles. The number of ketones is 1. The summed E-state index contributed by atoms with van der Waals surface area (Å²) < 4.78 is 12.8. The molecule has 2 amide bonds. The summed E-state index contributed by atoms with van der Waals surface area (Å²) in [7, 11) is 0. The van der Waals surface area contributed by atoms with Crippen molar-refractivity contribution in [2.24, 2.45) is 0 Å². The van der Waals surface area contributed by atoms with E-state index < -0.39 is 18.4 Å². The van der Waals surface area contributed by atoms with E-state index in [1.165, 1.54) is 25.0 Å². The Hall–Kier alpha value is -4.03. The van der Waals surface area contributed by atoms with Crippen LogP contribution in [0.5, 0.6) is 0 Å². The molecule has 1 aromatic heterocycles. The third-order valence-electron chi connectivity index (χ3n) is 6.91. The van der Waals surface area contributed by atoms with Gasteiger partial charge in [-0.15, -0.1) is 0 Å². The first-order valence-electron chi connectivity index (χ1n) is 13.7. The number of H-pyrrole nitrogens is 1. The molecule has 10 nitrogen and oxygen atoms in total. The van der Waals surface area contributed by atoms with Crippen LogP contribution in [0.3, 0.4) is 0 Å². The number of anilines is 1. The van der Waals surface area contributed by atoms with Crippen molar-refractivity contribution in [1.82, 2.24) is 20.5 Å². The van der Waals surface area contributed by atoms with Gasteiger partial charge in [-0.05, 0) is 42.2 Å². The number of aromatic amines is 1. The van der Waals surface area contributed by atoms with Crippen molar-refractivity contribution in [3.8, 4) is 0 Å². The third kappa shape index (κ3) is 8.04. The first-order chi connectivity index (χ1) is 20.5. The number of amides is 2. The number of carbonyl (C=O) groups is 2. The van der Waals surface area contributed by atoms with Crippen LogP contribution in [0.2, 0.25) is 0 Å². The van der Waals surface area contributed by atoms with Crippen LogP contribution in [-0.4, -0.2) is 50.0 Å². The number of thioether (sulfide) groups is 1. The molecule has 1 saturated heterocycles. The Morgan fingerprint density at radius 2 is 1.83 bits per heavy atom. The smallest absolute Gasteiger partial charge is 0.319 e. The molecule has 4 N–H and O–H groups in total. The molecule has 1 aliphatic rings. The maximum Gasteiger partial charge on any atom is 0.319 e. The maximum absolute atomic E-state index is 12.9. The number of hydrogen-bond acceptors (Lipinski definition) is 8. The zero-order valence-electron chi connectivity index (χ0n) is 23.1. The van der Waals surface area contributed by atoms with Gasteiger partial charge in [-0.3, -0.25) is 9.89 Å². The Morgan fingerprint density at radius 1 is 1.02 bits per heavy atom. The monoisotopic (exact) mass is 587 g/mol. The highest BCUT2D eigenvalue weighted by Crippen LogP contribution is 2.39. The molecule has 4 atom stereocenters. The Morgan fingerprint density at radius 3 is 2.55 bits per heavy atom. The van der Waals surface area contributed by atoms with E-state index in [0.29, 0.717) is 29.4 Å². The SMILES string of the molecule is CC(=O)[C@@H](Cc1ccccc1)NC(=O)Nc1cccc(C2O[C@H](CSc3ncn[nH]3)C[C@H](c3ccc(CO)cc3)O2)c1. The average Bonchev–Trinajstić information content (AvgIpc) is 3.54. The van der Waals surface area contributed by atoms with Crippen molar-refractivity contribution >= 4 is 29.3 Å². The van der Waals surface area contributed by atoms with Gasteiger partial charge >= 0.3 is 6.03 Å². The number of aromatic nitrogens is 3. The lowest BCUT2D eigenvalue weighted by Crippen LogP contribution is -2.43. The number of urea groups is 1. The molecule has 1 fully saturated rings. The standard InChI is InChI=1S/C31H33N5O5S/c1-20(38)27(14-21-6-3-2-4-7-21)35-30(39)34-25-9-5-8-24(15-25)29-40-26(18-42-31-32-19-33-36-31)16-28(41-29)23-12-10-22(17-37)11-13-23/h2-13,15,19,26-29,37H,14,16-18H2,1H3,(H,32,33,36)(H2,34,35,39)/t26-,27+,28+,29?/m0/s1. The van der Waals surface area contributed by atoms with Gasteiger partial charge in [0, 0.05) is 23.4 Å². The Labute approximate surface area is 248 Å². The zero-order valence-corrected chi connectivity index (χ0v) is 23.9. The van der Waals surface area contributed by atoms with E-state index in [2.05, 4.69) is 25.8 Å².